The molecule has 74 valence electrons. The van der Waals surface area contributed by atoms with Gasteiger partial charge in [0.1, 0.15) is 0 Å². The second-order valence-corrected chi connectivity index (χ2v) is 3.73. The molecule has 2 aliphatic rings. The van der Waals surface area contributed by atoms with Crippen LogP contribution in [0.1, 0.15) is 6.92 Å². The van der Waals surface area contributed by atoms with Crippen LogP contribution >= 0.6 is 0 Å². The van der Waals surface area contributed by atoms with E-state index in [-0.39, 0.29) is 5.91 Å². The molecule has 2 rings (SSSR count). The molecule has 2 fully saturated rings. The maximum Gasteiger partial charge on any atom is 0.219 e. The lowest BCUT2D eigenvalue weighted by Crippen LogP contribution is -2.62. The van der Waals surface area contributed by atoms with Gasteiger partial charge < -0.3 is 9.64 Å². The van der Waals surface area contributed by atoms with E-state index in [1.807, 2.05) is 4.90 Å². The number of carbonyl (C=O) groups is 1. The van der Waals surface area contributed by atoms with Crippen molar-refractivity contribution in [2.24, 2.45) is 0 Å². The first-order valence-electron chi connectivity index (χ1n) is 4.84. The van der Waals surface area contributed by atoms with Crippen LogP contribution in [0.2, 0.25) is 0 Å². The molecule has 0 aromatic rings. The monoisotopic (exact) mass is 184 g/mol. The van der Waals surface area contributed by atoms with Gasteiger partial charge in [-0.3, -0.25) is 9.69 Å². The Labute approximate surface area is 78.4 Å². The minimum absolute atomic E-state index is 0.199. The quantitative estimate of drug-likeness (QED) is 0.553. The van der Waals surface area contributed by atoms with E-state index in [1.165, 1.54) is 0 Å². The number of hydrogen-bond donors (Lipinski definition) is 0. The van der Waals surface area contributed by atoms with Crippen LogP contribution < -0.4 is 0 Å². The number of amides is 1. The Balaban J connectivity index is 1.75. The van der Waals surface area contributed by atoms with Gasteiger partial charge in [-0.1, -0.05) is 0 Å². The molecule has 0 aromatic carbocycles. The van der Waals surface area contributed by atoms with Gasteiger partial charge in [-0.2, -0.15) is 0 Å². The molecule has 1 amide bonds. The number of rotatable bonds is 1. The third kappa shape index (κ3) is 1.84. The summed E-state index contributed by atoms with van der Waals surface area (Å²) in [6, 6.07) is 0.591. The van der Waals surface area contributed by atoms with E-state index >= 15 is 0 Å². The topological polar surface area (TPSA) is 32.8 Å². The zero-order valence-electron chi connectivity index (χ0n) is 8.03. The molecule has 0 radical (unpaired) electrons. The first-order chi connectivity index (χ1) is 6.27. The van der Waals surface area contributed by atoms with Gasteiger partial charge in [-0.25, -0.2) is 0 Å². The van der Waals surface area contributed by atoms with E-state index in [9.17, 15) is 4.79 Å². The summed E-state index contributed by atoms with van der Waals surface area (Å²) in [7, 11) is 0. The molecule has 4 nitrogen and oxygen atoms in total. The van der Waals surface area contributed by atoms with Crippen molar-refractivity contribution in [2.45, 2.75) is 13.0 Å². The first-order valence-corrected chi connectivity index (χ1v) is 4.84. The zero-order chi connectivity index (χ0) is 9.26. The molecule has 13 heavy (non-hydrogen) atoms. The SMILES string of the molecule is CC(=O)N1CC(N2CCOCC2)C1. The third-order valence-electron chi connectivity index (χ3n) is 2.87. The molecule has 0 aliphatic carbocycles. The Morgan fingerprint density at radius 3 is 2.46 bits per heavy atom. The largest absolute Gasteiger partial charge is 0.379 e. The van der Waals surface area contributed by atoms with Crippen LogP contribution in [-0.4, -0.2) is 61.1 Å². The number of nitrogens with zero attached hydrogens (tertiary/aromatic N) is 2. The van der Waals surface area contributed by atoms with Crippen molar-refractivity contribution in [2.75, 3.05) is 39.4 Å². The van der Waals surface area contributed by atoms with Crippen LogP contribution in [0.4, 0.5) is 0 Å². The number of morpholine rings is 1. The maximum atomic E-state index is 10.9. The normalized spacial score (nSPS) is 25.8. The van der Waals surface area contributed by atoms with E-state index in [0.29, 0.717) is 6.04 Å². The van der Waals surface area contributed by atoms with Crippen LogP contribution in [0.5, 0.6) is 0 Å². The fourth-order valence-electron chi connectivity index (χ4n) is 1.89. The van der Waals surface area contributed by atoms with E-state index in [2.05, 4.69) is 4.90 Å². The highest BCUT2D eigenvalue weighted by Crippen LogP contribution is 2.15. The average molecular weight is 184 g/mol. The van der Waals surface area contributed by atoms with Crippen molar-refractivity contribution in [3.05, 3.63) is 0 Å². The molecular formula is C9H16N2O2. The van der Waals surface area contributed by atoms with Gasteiger partial charge in [-0.05, 0) is 0 Å². The van der Waals surface area contributed by atoms with Crippen molar-refractivity contribution in [1.82, 2.24) is 9.80 Å². The Kier molecular flexibility index (Phi) is 2.51. The lowest BCUT2D eigenvalue weighted by atomic mass is 10.1. The Hall–Kier alpha value is -0.610. The van der Waals surface area contributed by atoms with E-state index in [1.54, 1.807) is 6.92 Å². The molecule has 2 saturated heterocycles. The number of likely N-dealkylation sites (tertiary alicyclic amines) is 1. The van der Waals surface area contributed by atoms with Crippen LogP contribution in [0.3, 0.4) is 0 Å². The second kappa shape index (κ2) is 3.64. The van der Waals surface area contributed by atoms with E-state index < -0.39 is 0 Å². The van der Waals surface area contributed by atoms with E-state index in [0.717, 1.165) is 39.4 Å². The molecule has 2 aliphatic heterocycles. The molecule has 0 spiro atoms. The summed E-state index contributed by atoms with van der Waals surface area (Å²) < 4.78 is 5.27. The van der Waals surface area contributed by atoms with Gasteiger partial charge in [0, 0.05) is 39.1 Å². The smallest absolute Gasteiger partial charge is 0.219 e. The van der Waals surface area contributed by atoms with Crippen LogP contribution in [0.25, 0.3) is 0 Å². The summed E-state index contributed by atoms with van der Waals surface area (Å²) >= 11 is 0. The summed E-state index contributed by atoms with van der Waals surface area (Å²) in [5, 5.41) is 0. The fraction of sp³-hybridized carbons (Fsp3) is 0.889. The van der Waals surface area contributed by atoms with Gasteiger partial charge in [0.05, 0.1) is 13.2 Å². The molecular weight excluding hydrogens is 168 g/mol. The van der Waals surface area contributed by atoms with E-state index in [4.69, 9.17) is 4.74 Å². The second-order valence-electron chi connectivity index (χ2n) is 3.73. The number of carbonyl (C=O) groups excluding carboxylic acids is 1. The first kappa shape index (κ1) is 8.97. The third-order valence-corrected chi connectivity index (χ3v) is 2.87. The van der Waals surface area contributed by atoms with Crippen LogP contribution in [-0.2, 0) is 9.53 Å². The number of hydrogen-bond acceptors (Lipinski definition) is 3. The fourth-order valence-corrected chi connectivity index (χ4v) is 1.89. The predicted octanol–water partition coefficient (Wildman–Crippen LogP) is -0.451. The average Bonchev–Trinajstić information content (AvgIpc) is 2.02. The summed E-state index contributed by atoms with van der Waals surface area (Å²) in [5.41, 5.74) is 0. The van der Waals surface area contributed by atoms with Crippen molar-refractivity contribution >= 4 is 5.91 Å². The summed E-state index contributed by atoms with van der Waals surface area (Å²) in [4.78, 5) is 15.2. The van der Waals surface area contributed by atoms with Crippen molar-refractivity contribution in [1.29, 1.82) is 0 Å². The molecule has 0 bridgehead atoms. The Morgan fingerprint density at radius 1 is 1.31 bits per heavy atom. The lowest BCUT2D eigenvalue weighted by Gasteiger charge is -2.46. The van der Waals surface area contributed by atoms with Gasteiger partial charge in [0.2, 0.25) is 5.91 Å². The molecule has 0 N–H and O–H groups in total. The van der Waals surface area contributed by atoms with Gasteiger partial charge in [0.25, 0.3) is 0 Å². The van der Waals surface area contributed by atoms with Crippen molar-refractivity contribution in [3.63, 3.8) is 0 Å². The van der Waals surface area contributed by atoms with Crippen molar-refractivity contribution < 1.29 is 9.53 Å². The highest BCUT2D eigenvalue weighted by atomic mass is 16.5. The summed E-state index contributed by atoms with van der Waals surface area (Å²) in [6.45, 7) is 7.19. The highest BCUT2D eigenvalue weighted by molar-refractivity contribution is 5.74. The molecule has 4 heteroatoms. The van der Waals surface area contributed by atoms with Gasteiger partial charge >= 0.3 is 0 Å². The number of ether oxygens (including phenoxy) is 1. The van der Waals surface area contributed by atoms with Crippen LogP contribution in [0.15, 0.2) is 0 Å². The summed E-state index contributed by atoms with van der Waals surface area (Å²) in [6.07, 6.45) is 0. The highest BCUT2D eigenvalue weighted by Gasteiger charge is 2.33. The molecule has 0 saturated carbocycles. The summed E-state index contributed by atoms with van der Waals surface area (Å²) in [5.74, 6) is 0.199. The zero-order valence-corrected chi connectivity index (χ0v) is 8.03. The maximum absolute atomic E-state index is 10.9. The Bertz CT molecular complexity index is 196. The van der Waals surface area contributed by atoms with Crippen molar-refractivity contribution in [3.8, 4) is 0 Å². The molecule has 0 atom stereocenters. The Morgan fingerprint density at radius 2 is 1.92 bits per heavy atom. The minimum Gasteiger partial charge on any atom is -0.379 e. The lowest BCUT2D eigenvalue weighted by molar-refractivity contribution is -0.137. The standard InChI is InChI=1S/C9H16N2O2/c1-8(12)11-6-9(7-11)10-2-4-13-5-3-10/h9H,2-7H2,1H3. The molecule has 2 heterocycles. The predicted molar refractivity (Wildman–Crippen MR) is 48.4 cm³/mol. The van der Waals surface area contributed by atoms with Gasteiger partial charge in [0.15, 0.2) is 0 Å². The minimum atomic E-state index is 0.199. The van der Waals surface area contributed by atoms with Crippen LogP contribution in [0, 0.1) is 0 Å². The molecule has 0 aromatic heterocycles. The van der Waals surface area contributed by atoms with Gasteiger partial charge in [-0.15, -0.1) is 0 Å². The molecule has 0 unspecified atom stereocenters.